The van der Waals surface area contributed by atoms with Gasteiger partial charge in [-0.3, -0.25) is 0 Å². The molecule has 0 nitrogen and oxygen atoms in total. The Kier molecular flexibility index (Phi) is 7.59. The molecule has 0 atom stereocenters. The molecule has 11 heavy (non-hydrogen) atoms. The molecule has 0 aliphatic heterocycles. The Morgan fingerprint density at radius 2 is 1.73 bits per heavy atom. The zero-order valence-corrected chi connectivity index (χ0v) is 8.84. The summed E-state index contributed by atoms with van der Waals surface area (Å²) in [5.74, 6) is 0. The van der Waals surface area contributed by atoms with E-state index >= 15 is 0 Å². The zero-order valence-electron chi connectivity index (χ0n) is 7.68. The molecule has 0 aliphatic carbocycles. The van der Waals surface area contributed by atoms with Gasteiger partial charge in [0.05, 0.1) is 0 Å². The quantitative estimate of drug-likeness (QED) is 0.404. The lowest BCUT2D eigenvalue weighted by Crippen LogP contribution is -2.08. The van der Waals surface area contributed by atoms with Gasteiger partial charge in [-0.05, 0) is 12.1 Å². The molecule has 0 N–H and O–H groups in total. The standard InChI is InChI=1S/C10H20Si/c1-4-7-10-11(8-5-2)9-6-3/h5-6,11H,2-4,7-10H2,1H3. The van der Waals surface area contributed by atoms with Crippen molar-refractivity contribution >= 4 is 8.80 Å². The van der Waals surface area contributed by atoms with Crippen LogP contribution in [0.5, 0.6) is 0 Å². The SMILES string of the molecule is C=CC[SiH](CC=C)CCCC. The van der Waals surface area contributed by atoms with Gasteiger partial charge >= 0.3 is 0 Å². The molecule has 0 aromatic carbocycles. The largest absolute Gasteiger partial charge is 0.103 e. The summed E-state index contributed by atoms with van der Waals surface area (Å²) >= 11 is 0. The first-order valence-electron chi connectivity index (χ1n) is 4.56. The first kappa shape index (κ1) is 10.7. The molecular formula is C10H20Si. The predicted octanol–water partition coefficient (Wildman–Crippen LogP) is 3.39. The van der Waals surface area contributed by atoms with E-state index in [1.807, 2.05) is 0 Å². The molecule has 0 spiro atoms. The van der Waals surface area contributed by atoms with Crippen molar-refractivity contribution in [3.8, 4) is 0 Å². The van der Waals surface area contributed by atoms with Crippen LogP contribution >= 0.6 is 0 Å². The Balaban J connectivity index is 3.49. The lowest BCUT2D eigenvalue weighted by molar-refractivity contribution is 0.871. The van der Waals surface area contributed by atoms with Crippen molar-refractivity contribution < 1.29 is 0 Å². The molecule has 64 valence electrons. The van der Waals surface area contributed by atoms with Gasteiger partial charge in [0.2, 0.25) is 0 Å². The van der Waals surface area contributed by atoms with Crippen LogP contribution in [-0.2, 0) is 0 Å². The average molecular weight is 168 g/mol. The summed E-state index contributed by atoms with van der Waals surface area (Å²) in [7, 11) is -0.488. The molecule has 0 aromatic heterocycles. The van der Waals surface area contributed by atoms with Crippen LogP contribution < -0.4 is 0 Å². The lowest BCUT2D eigenvalue weighted by Gasteiger charge is -2.08. The fraction of sp³-hybridized carbons (Fsp3) is 0.600. The van der Waals surface area contributed by atoms with Crippen LogP contribution in [0.4, 0.5) is 0 Å². The summed E-state index contributed by atoms with van der Waals surface area (Å²) in [6.07, 6.45) is 6.89. The minimum atomic E-state index is -0.488. The molecule has 0 saturated heterocycles. The molecule has 0 aromatic rings. The van der Waals surface area contributed by atoms with E-state index in [2.05, 4.69) is 32.2 Å². The van der Waals surface area contributed by atoms with E-state index in [9.17, 15) is 0 Å². The molecule has 1 heteroatoms. The molecule has 0 heterocycles. The van der Waals surface area contributed by atoms with E-state index in [-0.39, 0.29) is 0 Å². The van der Waals surface area contributed by atoms with E-state index in [4.69, 9.17) is 0 Å². The highest BCUT2D eigenvalue weighted by Crippen LogP contribution is 2.10. The molecule has 0 aliphatic rings. The molecule has 0 fully saturated rings. The van der Waals surface area contributed by atoms with Crippen molar-refractivity contribution in [2.45, 2.75) is 37.9 Å². The number of rotatable bonds is 7. The summed E-state index contributed by atoms with van der Waals surface area (Å²) in [6, 6.07) is 4.03. The van der Waals surface area contributed by atoms with Crippen molar-refractivity contribution in [3.05, 3.63) is 25.3 Å². The normalized spacial score (nSPS) is 10.0. The number of allylic oxidation sites excluding steroid dienone is 2. The summed E-state index contributed by atoms with van der Waals surface area (Å²) in [6.45, 7) is 9.84. The molecular weight excluding hydrogens is 148 g/mol. The van der Waals surface area contributed by atoms with Crippen LogP contribution in [0.2, 0.25) is 18.1 Å². The highest BCUT2D eigenvalue weighted by molar-refractivity contribution is 6.59. The second-order valence-electron chi connectivity index (χ2n) is 3.06. The first-order chi connectivity index (χ1) is 5.35. The van der Waals surface area contributed by atoms with Crippen molar-refractivity contribution in [3.63, 3.8) is 0 Å². The molecule has 0 amide bonds. The average Bonchev–Trinajstić information content (AvgIpc) is 2.01. The monoisotopic (exact) mass is 168 g/mol. The Hall–Kier alpha value is -0.303. The molecule has 0 unspecified atom stereocenters. The molecule has 0 bridgehead atoms. The Bertz CT molecular complexity index is 97.4. The van der Waals surface area contributed by atoms with Gasteiger partial charge in [-0.2, -0.15) is 0 Å². The van der Waals surface area contributed by atoms with Crippen molar-refractivity contribution in [1.29, 1.82) is 0 Å². The van der Waals surface area contributed by atoms with Gasteiger partial charge in [-0.25, -0.2) is 0 Å². The summed E-state index contributed by atoms with van der Waals surface area (Å²) in [5, 5.41) is 0. The third kappa shape index (κ3) is 6.11. The van der Waals surface area contributed by atoms with Gasteiger partial charge < -0.3 is 0 Å². The second-order valence-corrected chi connectivity index (χ2v) is 6.31. The highest BCUT2D eigenvalue weighted by Gasteiger charge is 2.04. The zero-order chi connectivity index (χ0) is 8.53. The maximum Gasteiger partial charge on any atom is 0.0443 e. The Morgan fingerprint density at radius 1 is 1.18 bits per heavy atom. The van der Waals surface area contributed by atoms with E-state index in [0.717, 1.165) is 0 Å². The fourth-order valence-electron chi connectivity index (χ4n) is 1.30. The number of hydrogen-bond acceptors (Lipinski definition) is 0. The van der Waals surface area contributed by atoms with Crippen LogP contribution in [0.15, 0.2) is 25.3 Å². The highest BCUT2D eigenvalue weighted by atomic mass is 28.3. The Morgan fingerprint density at radius 3 is 2.09 bits per heavy atom. The maximum absolute atomic E-state index is 3.79. The van der Waals surface area contributed by atoms with Gasteiger partial charge in [-0.1, -0.05) is 38.0 Å². The van der Waals surface area contributed by atoms with Crippen LogP contribution in [0.3, 0.4) is 0 Å². The second kappa shape index (κ2) is 7.80. The van der Waals surface area contributed by atoms with Crippen molar-refractivity contribution in [2.24, 2.45) is 0 Å². The van der Waals surface area contributed by atoms with Crippen LogP contribution in [0.25, 0.3) is 0 Å². The topological polar surface area (TPSA) is 0 Å². The molecule has 0 radical (unpaired) electrons. The first-order valence-corrected chi connectivity index (χ1v) is 7.01. The summed E-state index contributed by atoms with van der Waals surface area (Å²) < 4.78 is 0. The van der Waals surface area contributed by atoms with Gasteiger partial charge in [0.15, 0.2) is 0 Å². The van der Waals surface area contributed by atoms with E-state index in [0.29, 0.717) is 0 Å². The molecule has 0 saturated carbocycles. The van der Waals surface area contributed by atoms with Gasteiger partial charge in [0.25, 0.3) is 0 Å². The molecule has 0 rings (SSSR count). The van der Waals surface area contributed by atoms with E-state index in [1.54, 1.807) is 0 Å². The van der Waals surface area contributed by atoms with Crippen molar-refractivity contribution in [1.82, 2.24) is 0 Å². The van der Waals surface area contributed by atoms with E-state index < -0.39 is 8.80 Å². The number of unbranched alkanes of at least 4 members (excludes halogenated alkanes) is 1. The Labute approximate surface area is 72.6 Å². The van der Waals surface area contributed by atoms with Gasteiger partial charge in [-0.15, -0.1) is 13.2 Å². The van der Waals surface area contributed by atoms with Gasteiger partial charge in [0, 0.05) is 8.80 Å². The third-order valence-electron chi connectivity index (χ3n) is 1.97. The smallest absolute Gasteiger partial charge is 0.0443 e. The van der Waals surface area contributed by atoms with Crippen LogP contribution in [0.1, 0.15) is 19.8 Å². The van der Waals surface area contributed by atoms with Crippen LogP contribution in [-0.4, -0.2) is 8.80 Å². The van der Waals surface area contributed by atoms with Gasteiger partial charge in [0.1, 0.15) is 0 Å². The lowest BCUT2D eigenvalue weighted by atomic mass is 10.4. The summed E-state index contributed by atoms with van der Waals surface area (Å²) in [5.41, 5.74) is 0. The fourth-order valence-corrected chi connectivity index (χ4v) is 3.89. The van der Waals surface area contributed by atoms with Crippen LogP contribution in [0, 0.1) is 0 Å². The minimum absolute atomic E-state index is 0.488. The number of hydrogen-bond donors (Lipinski definition) is 0. The minimum Gasteiger partial charge on any atom is -0.103 e. The predicted molar refractivity (Wildman–Crippen MR) is 56.9 cm³/mol. The maximum atomic E-state index is 3.79. The third-order valence-corrected chi connectivity index (χ3v) is 5.19. The van der Waals surface area contributed by atoms with Crippen molar-refractivity contribution in [2.75, 3.05) is 0 Å². The summed E-state index contributed by atoms with van der Waals surface area (Å²) in [4.78, 5) is 0. The van der Waals surface area contributed by atoms with E-state index in [1.165, 1.54) is 31.0 Å².